The number of rotatable bonds is 34. The molecular formula is C50H82N2O4. The number of hydrogen-bond donors (Lipinski definition) is 4. The first-order chi connectivity index (χ1) is 27.5. The Morgan fingerprint density at radius 2 is 0.679 bits per heavy atom. The lowest BCUT2D eigenvalue weighted by Crippen LogP contribution is -2.24. The van der Waals surface area contributed by atoms with E-state index in [9.17, 15) is 19.8 Å². The molecule has 0 radical (unpaired) electrons. The fraction of sp³-hybridized carbons (Fsp3) is 0.640. The number of hydrogen-bond acceptors (Lipinski definition) is 4. The molecule has 0 saturated carbocycles. The average molecular weight is 775 g/mol. The first kappa shape index (κ1) is 50.5. The van der Waals surface area contributed by atoms with E-state index < -0.39 is 0 Å². The molecule has 6 heteroatoms. The summed E-state index contributed by atoms with van der Waals surface area (Å²) in [6.45, 7) is 5.88. The minimum Gasteiger partial charge on any atom is -0.507 e. The predicted molar refractivity (Wildman–Crippen MR) is 240 cm³/mol. The second-order valence-corrected chi connectivity index (χ2v) is 15.4. The summed E-state index contributed by atoms with van der Waals surface area (Å²) in [5.41, 5.74) is 0.707. The van der Waals surface area contributed by atoms with E-state index >= 15 is 0 Å². The maximum Gasteiger partial charge on any atom is 0.255 e. The molecule has 2 aromatic rings. The molecule has 0 aliphatic rings. The Hall–Kier alpha value is -3.54. The highest BCUT2D eigenvalue weighted by molar-refractivity contribution is 5.97. The van der Waals surface area contributed by atoms with Crippen molar-refractivity contribution in [3.63, 3.8) is 0 Å². The molecule has 0 fully saturated rings. The molecule has 2 amide bonds. The lowest BCUT2D eigenvalue weighted by Gasteiger charge is -2.06. The number of benzene rings is 2. The molecule has 56 heavy (non-hydrogen) atoms. The molecule has 0 bridgehead atoms. The first-order valence-electron chi connectivity index (χ1n) is 22.9. The lowest BCUT2D eigenvalue weighted by molar-refractivity contribution is 0.0941. The van der Waals surface area contributed by atoms with Crippen LogP contribution in [0.2, 0.25) is 0 Å². The van der Waals surface area contributed by atoms with E-state index in [0.717, 1.165) is 25.7 Å². The molecule has 0 unspecified atom stereocenters. The van der Waals surface area contributed by atoms with Crippen molar-refractivity contribution in [3.05, 3.63) is 84.0 Å². The Morgan fingerprint density at radius 1 is 0.411 bits per heavy atom. The largest absolute Gasteiger partial charge is 0.507 e. The van der Waals surface area contributed by atoms with E-state index in [-0.39, 0.29) is 23.3 Å². The van der Waals surface area contributed by atoms with Gasteiger partial charge in [-0.1, -0.05) is 178 Å². The van der Waals surface area contributed by atoms with E-state index in [1.807, 2.05) is 0 Å². The molecule has 2 rings (SSSR count). The highest BCUT2D eigenvalue weighted by atomic mass is 16.3. The number of carbonyl (C=O) groups is 2. The Balaban J connectivity index is 0.000000560. The Labute approximate surface area is 343 Å². The van der Waals surface area contributed by atoms with Crippen LogP contribution < -0.4 is 10.6 Å². The minimum absolute atomic E-state index is 0.0426. The third kappa shape index (κ3) is 29.7. The van der Waals surface area contributed by atoms with Crippen LogP contribution in [0.15, 0.2) is 72.8 Å². The van der Waals surface area contributed by atoms with Gasteiger partial charge in [0, 0.05) is 13.1 Å². The van der Waals surface area contributed by atoms with E-state index in [4.69, 9.17) is 0 Å². The van der Waals surface area contributed by atoms with Gasteiger partial charge in [0.2, 0.25) is 0 Å². The minimum atomic E-state index is -0.189. The summed E-state index contributed by atoms with van der Waals surface area (Å²) in [7, 11) is 0. The molecule has 0 aliphatic carbocycles. The number of aromatic hydroxyl groups is 2. The first-order valence-corrected chi connectivity index (χ1v) is 22.9. The number of unbranched alkanes of at least 4 members (excludes halogenated alkanes) is 24. The maximum absolute atomic E-state index is 11.9. The summed E-state index contributed by atoms with van der Waals surface area (Å²) in [4.78, 5) is 23.9. The van der Waals surface area contributed by atoms with Crippen molar-refractivity contribution in [3.8, 4) is 11.5 Å². The van der Waals surface area contributed by atoms with Crippen molar-refractivity contribution < 1.29 is 19.8 Å². The summed E-state index contributed by atoms with van der Waals surface area (Å²) in [6, 6.07) is 13.3. The Morgan fingerprint density at radius 3 is 0.982 bits per heavy atom. The SMILES string of the molecule is CCCCCCCC/C=C\CCCCCCCCNC(=O)c1ccccc1O.CCCCCCCC/C=C\CCCCCCCCNC(=O)c1ccccc1O. The molecule has 0 saturated heterocycles. The van der Waals surface area contributed by atoms with E-state index in [1.165, 1.54) is 154 Å². The van der Waals surface area contributed by atoms with Gasteiger partial charge < -0.3 is 20.8 Å². The molecule has 4 N–H and O–H groups in total. The number of phenols is 2. The van der Waals surface area contributed by atoms with Gasteiger partial charge in [-0.05, 0) is 88.5 Å². The summed E-state index contributed by atoms with van der Waals surface area (Å²) in [5.74, 6) is -0.293. The van der Waals surface area contributed by atoms with Crippen LogP contribution in [0.4, 0.5) is 0 Å². The zero-order chi connectivity index (χ0) is 40.6. The van der Waals surface area contributed by atoms with Crippen LogP contribution in [0.25, 0.3) is 0 Å². The van der Waals surface area contributed by atoms with Gasteiger partial charge in [0.15, 0.2) is 0 Å². The number of amides is 2. The Kier molecular flexibility index (Phi) is 34.6. The smallest absolute Gasteiger partial charge is 0.255 e. The van der Waals surface area contributed by atoms with Gasteiger partial charge in [0.05, 0.1) is 11.1 Å². The highest BCUT2D eigenvalue weighted by Crippen LogP contribution is 2.17. The quantitative estimate of drug-likeness (QED) is 0.0420. The molecule has 0 aliphatic heterocycles. The average Bonchev–Trinajstić information content (AvgIpc) is 3.20. The van der Waals surface area contributed by atoms with Crippen molar-refractivity contribution in [2.24, 2.45) is 0 Å². The number of para-hydroxylation sites is 2. The fourth-order valence-corrected chi connectivity index (χ4v) is 6.67. The van der Waals surface area contributed by atoms with Crippen molar-refractivity contribution >= 4 is 11.8 Å². The van der Waals surface area contributed by atoms with Crippen molar-refractivity contribution in [1.82, 2.24) is 10.6 Å². The molecule has 316 valence electrons. The normalized spacial score (nSPS) is 11.2. The second-order valence-electron chi connectivity index (χ2n) is 15.4. The van der Waals surface area contributed by atoms with Gasteiger partial charge >= 0.3 is 0 Å². The number of allylic oxidation sites excluding steroid dienone is 4. The van der Waals surface area contributed by atoms with Gasteiger partial charge in [-0.15, -0.1) is 0 Å². The zero-order valence-corrected chi connectivity index (χ0v) is 35.9. The maximum atomic E-state index is 11.9. The zero-order valence-electron chi connectivity index (χ0n) is 35.9. The monoisotopic (exact) mass is 775 g/mol. The predicted octanol–water partition coefficient (Wildman–Crippen LogP) is 14.3. The van der Waals surface area contributed by atoms with Crippen LogP contribution in [0, 0.1) is 0 Å². The van der Waals surface area contributed by atoms with Crippen molar-refractivity contribution in [2.45, 2.75) is 194 Å². The van der Waals surface area contributed by atoms with Gasteiger partial charge in [-0.25, -0.2) is 0 Å². The van der Waals surface area contributed by atoms with Crippen LogP contribution in [0.5, 0.6) is 11.5 Å². The van der Waals surface area contributed by atoms with E-state index in [0.29, 0.717) is 24.2 Å². The van der Waals surface area contributed by atoms with Crippen LogP contribution >= 0.6 is 0 Å². The van der Waals surface area contributed by atoms with Gasteiger partial charge in [-0.3, -0.25) is 9.59 Å². The molecule has 0 atom stereocenters. The van der Waals surface area contributed by atoms with E-state index in [2.05, 4.69) is 48.8 Å². The summed E-state index contributed by atoms with van der Waals surface area (Å²) < 4.78 is 0. The van der Waals surface area contributed by atoms with Gasteiger partial charge in [-0.2, -0.15) is 0 Å². The van der Waals surface area contributed by atoms with Crippen molar-refractivity contribution in [1.29, 1.82) is 0 Å². The van der Waals surface area contributed by atoms with Gasteiger partial charge in [0.1, 0.15) is 11.5 Å². The molecule has 0 heterocycles. The molecule has 0 spiro atoms. The van der Waals surface area contributed by atoms with Crippen LogP contribution in [0.3, 0.4) is 0 Å². The molecule has 0 aromatic heterocycles. The number of phenolic OH excluding ortho intramolecular Hbond substituents is 2. The fourth-order valence-electron chi connectivity index (χ4n) is 6.67. The standard InChI is InChI=1S/2C25H41NO2/c2*1-2-3-4-5-6-7-8-9-10-11-12-13-14-15-16-19-22-26-25(28)23-20-17-18-21-24(23)27/h2*9-10,17-18,20-21,27H,2-8,11-16,19,22H2,1H3,(H,26,28)/b2*10-9-. The summed E-state index contributed by atoms with van der Waals surface area (Å²) in [6.07, 6.45) is 45.4. The topological polar surface area (TPSA) is 98.7 Å². The summed E-state index contributed by atoms with van der Waals surface area (Å²) in [5, 5.41) is 25.1. The molecular weight excluding hydrogens is 693 g/mol. The third-order valence-electron chi connectivity index (χ3n) is 10.2. The van der Waals surface area contributed by atoms with Gasteiger partial charge in [0.25, 0.3) is 11.8 Å². The highest BCUT2D eigenvalue weighted by Gasteiger charge is 2.10. The van der Waals surface area contributed by atoms with E-state index in [1.54, 1.807) is 48.5 Å². The third-order valence-corrected chi connectivity index (χ3v) is 10.2. The van der Waals surface area contributed by atoms with Crippen LogP contribution in [-0.4, -0.2) is 35.1 Å². The number of carbonyl (C=O) groups excluding carboxylic acids is 2. The second kappa shape index (κ2) is 38.3. The van der Waals surface area contributed by atoms with Crippen LogP contribution in [0.1, 0.15) is 214 Å². The molecule has 6 nitrogen and oxygen atoms in total. The lowest BCUT2D eigenvalue weighted by atomic mass is 10.1. The van der Waals surface area contributed by atoms with Crippen molar-refractivity contribution in [2.75, 3.05) is 13.1 Å². The molecule has 2 aromatic carbocycles. The summed E-state index contributed by atoms with van der Waals surface area (Å²) >= 11 is 0. The van der Waals surface area contributed by atoms with Crippen LogP contribution in [-0.2, 0) is 0 Å². The Bertz CT molecular complexity index is 1180. The number of nitrogens with one attached hydrogen (secondary N) is 2.